The molecule has 0 radical (unpaired) electrons. The highest BCUT2D eigenvalue weighted by Crippen LogP contribution is 2.26. The van der Waals surface area contributed by atoms with Gasteiger partial charge in [-0.3, -0.25) is 9.69 Å². The van der Waals surface area contributed by atoms with Crippen LogP contribution in [0.1, 0.15) is 5.56 Å². The molecule has 0 fully saturated rings. The van der Waals surface area contributed by atoms with Crippen LogP contribution in [-0.4, -0.2) is 30.2 Å². The van der Waals surface area contributed by atoms with E-state index < -0.39 is 11.6 Å². The van der Waals surface area contributed by atoms with Gasteiger partial charge in [0.25, 0.3) is 0 Å². The molecule has 1 N–H and O–H groups in total. The van der Waals surface area contributed by atoms with Gasteiger partial charge in [0.05, 0.1) is 12.2 Å². The molecule has 2 aromatic rings. The number of rotatable bonds is 8. The lowest BCUT2D eigenvalue weighted by atomic mass is 10.2. The van der Waals surface area contributed by atoms with E-state index in [1.165, 1.54) is 12.1 Å². The van der Waals surface area contributed by atoms with E-state index in [1.54, 1.807) is 29.8 Å². The van der Waals surface area contributed by atoms with E-state index in [2.05, 4.69) is 11.9 Å². The summed E-state index contributed by atoms with van der Waals surface area (Å²) in [7, 11) is 1.71. The maximum Gasteiger partial charge on any atom is 0.238 e. The number of carbonyl (C=O) groups is 1. The topological polar surface area (TPSA) is 32.3 Å². The molecule has 0 atom stereocenters. The molecule has 1 amide bonds. The molecule has 132 valence electrons. The van der Waals surface area contributed by atoms with Crippen LogP contribution >= 0.6 is 11.8 Å². The fourth-order valence-corrected chi connectivity index (χ4v) is 3.02. The first-order valence-electron chi connectivity index (χ1n) is 7.74. The molecule has 0 saturated carbocycles. The Bertz CT molecular complexity index is 752. The average molecular weight is 362 g/mol. The predicted molar refractivity (Wildman–Crippen MR) is 98.7 cm³/mol. The number of hydrogen-bond donors (Lipinski definition) is 1. The fraction of sp³-hybridized carbons (Fsp3) is 0.211. The van der Waals surface area contributed by atoms with Crippen molar-refractivity contribution in [2.75, 3.05) is 24.7 Å². The van der Waals surface area contributed by atoms with Crippen molar-refractivity contribution in [1.82, 2.24) is 4.90 Å². The van der Waals surface area contributed by atoms with Crippen LogP contribution < -0.4 is 5.32 Å². The summed E-state index contributed by atoms with van der Waals surface area (Å²) < 4.78 is 26.6. The normalized spacial score (nSPS) is 10.7. The Kier molecular flexibility index (Phi) is 7.16. The summed E-state index contributed by atoms with van der Waals surface area (Å²) in [6, 6.07) is 11.0. The zero-order chi connectivity index (χ0) is 18.2. The quantitative estimate of drug-likeness (QED) is 0.561. The molecule has 0 heterocycles. The molecule has 0 bridgehead atoms. The second-order valence-corrected chi connectivity index (χ2v) is 6.61. The number of thioether (sulfide) groups is 1. The van der Waals surface area contributed by atoms with Crippen molar-refractivity contribution in [2.45, 2.75) is 11.4 Å². The molecule has 0 aliphatic carbocycles. The second kappa shape index (κ2) is 9.34. The van der Waals surface area contributed by atoms with Crippen LogP contribution in [0, 0.1) is 11.6 Å². The number of para-hydroxylation sites is 1. The Labute approximate surface area is 150 Å². The summed E-state index contributed by atoms with van der Waals surface area (Å²) in [6.07, 6.45) is 1.80. The molecule has 2 rings (SSSR count). The summed E-state index contributed by atoms with van der Waals surface area (Å²) in [5.74, 6) is -0.679. The van der Waals surface area contributed by atoms with E-state index in [9.17, 15) is 13.6 Å². The molecule has 25 heavy (non-hydrogen) atoms. The summed E-state index contributed by atoms with van der Waals surface area (Å²) >= 11 is 1.58. The van der Waals surface area contributed by atoms with E-state index in [1.807, 2.05) is 24.3 Å². The smallest absolute Gasteiger partial charge is 0.238 e. The summed E-state index contributed by atoms with van der Waals surface area (Å²) in [5, 5.41) is 2.87. The third-order valence-corrected chi connectivity index (χ3v) is 4.46. The largest absolute Gasteiger partial charge is 0.324 e. The molecule has 0 aliphatic heterocycles. The molecule has 6 heteroatoms. The van der Waals surface area contributed by atoms with Gasteiger partial charge in [0, 0.05) is 28.8 Å². The number of nitrogens with one attached hydrogen (secondary N) is 1. The van der Waals surface area contributed by atoms with E-state index in [4.69, 9.17) is 0 Å². The minimum absolute atomic E-state index is 0.0945. The molecular formula is C19H20F2N2OS. The minimum Gasteiger partial charge on any atom is -0.324 e. The van der Waals surface area contributed by atoms with E-state index in [-0.39, 0.29) is 19.0 Å². The Morgan fingerprint density at radius 1 is 1.28 bits per heavy atom. The van der Waals surface area contributed by atoms with Crippen molar-refractivity contribution >= 4 is 23.4 Å². The van der Waals surface area contributed by atoms with Crippen molar-refractivity contribution in [1.29, 1.82) is 0 Å². The highest BCUT2D eigenvalue weighted by molar-refractivity contribution is 7.99. The predicted octanol–water partition coefficient (Wildman–Crippen LogP) is 4.31. The third-order valence-electron chi connectivity index (χ3n) is 3.39. The van der Waals surface area contributed by atoms with Crippen LogP contribution in [-0.2, 0) is 11.3 Å². The molecule has 0 aromatic heterocycles. The van der Waals surface area contributed by atoms with Crippen LogP contribution in [0.15, 0.2) is 60.0 Å². The lowest BCUT2D eigenvalue weighted by molar-refractivity contribution is -0.117. The number of carbonyl (C=O) groups excluding carboxylic acids is 1. The van der Waals surface area contributed by atoms with Crippen LogP contribution in [0.3, 0.4) is 0 Å². The van der Waals surface area contributed by atoms with E-state index in [0.717, 1.165) is 22.4 Å². The van der Waals surface area contributed by atoms with Crippen LogP contribution in [0.2, 0.25) is 0 Å². The monoisotopic (exact) mass is 362 g/mol. The summed E-state index contributed by atoms with van der Waals surface area (Å²) in [4.78, 5) is 14.9. The summed E-state index contributed by atoms with van der Waals surface area (Å²) in [5.41, 5.74) is 1.08. The highest BCUT2D eigenvalue weighted by atomic mass is 32.2. The van der Waals surface area contributed by atoms with Gasteiger partial charge in [-0.05, 0) is 25.2 Å². The molecule has 0 unspecified atom stereocenters. The zero-order valence-corrected chi connectivity index (χ0v) is 14.8. The first kappa shape index (κ1) is 19.1. The van der Waals surface area contributed by atoms with Gasteiger partial charge in [-0.15, -0.1) is 18.3 Å². The Hall–Kier alpha value is -2.18. The molecule has 2 aromatic carbocycles. The van der Waals surface area contributed by atoms with Crippen molar-refractivity contribution < 1.29 is 13.6 Å². The molecule has 0 aliphatic rings. The van der Waals surface area contributed by atoms with Gasteiger partial charge in [-0.2, -0.15) is 0 Å². The number of nitrogens with zero attached hydrogens (tertiary/aromatic N) is 1. The number of anilines is 1. The molecule has 0 saturated heterocycles. The van der Waals surface area contributed by atoms with Crippen LogP contribution in [0.25, 0.3) is 0 Å². The number of halogens is 2. The van der Waals surface area contributed by atoms with Crippen LogP contribution in [0.4, 0.5) is 14.5 Å². The molecule has 3 nitrogen and oxygen atoms in total. The first-order valence-corrected chi connectivity index (χ1v) is 8.73. The third kappa shape index (κ3) is 5.99. The number of likely N-dealkylation sites (N-methyl/N-ethyl adjacent to an activating group) is 1. The van der Waals surface area contributed by atoms with Gasteiger partial charge in [0.15, 0.2) is 0 Å². The van der Waals surface area contributed by atoms with E-state index >= 15 is 0 Å². The molecular weight excluding hydrogens is 342 g/mol. The SMILES string of the molecule is C=CCSc1ccccc1NC(=O)CN(C)Cc1ccc(F)cc1F. The van der Waals surface area contributed by atoms with Gasteiger partial charge in [-0.25, -0.2) is 8.78 Å². The van der Waals surface area contributed by atoms with E-state index in [0.29, 0.717) is 5.56 Å². The fourth-order valence-electron chi connectivity index (χ4n) is 2.28. The number of amides is 1. The Morgan fingerprint density at radius 2 is 2.04 bits per heavy atom. The standard InChI is InChI=1S/C19H20F2N2OS/c1-3-10-25-18-7-5-4-6-17(18)22-19(24)13-23(2)12-14-8-9-15(20)11-16(14)21/h3-9,11H,1,10,12-13H2,2H3,(H,22,24). The lowest BCUT2D eigenvalue weighted by Crippen LogP contribution is -2.30. The zero-order valence-electron chi connectivity index (χ0n) is 14.0. The lowest BCUT2D eigenvalue weighted by Gasteiger charge is -2.17. The Balaban J connectivity index is 1.94. The first-order chi connectivity index (χ1) is 12.0. The maximum absolute atomic E-state index is 13.7. The van der Waals surface area contributed by atoms with Gasteiger partial charge >= 0.3 is 0 Å². The van der Waals surface area contributed by atoms with Crippen molar-refractivity contribution in [3.05, 3.63) is 72.3 Å². The van der Waals surface area contributed by atoms with Crippen molar-refractivity contribution in [3.8, 4) is 0 Å². The van der Waals surface area contributed by atoms with Crippen molar-refractivity contribution in [3.63, 3.8) is 0 Å². The van der Waals surface area contributed by atoms with Crippen molar-refractivity contribution in [2.24, 2.45) is 0 Å². The number of benzene rings is 2. The second-order valence-electron chi connectivity index (χ2n) is 5.55. The molecule has 0 spiro atoms. The van der Waals surface area contributed by atoms with Gasteiger partial charge in [0.1, 0.15) is 11.6 Å². The Morgan fingerprint density at radius 3 is 2.76 bits per heavy atom. The summed E-state index contributed by atoms with van der Waals surface area (Å²) in [6.45, 7) is 4.00. The van der Waals surface area contributed by atoms with Crippen LogP contribution in [0.5, 0.6) is 0 Å². The highest BCUT2D eigenvalue weighted by Gasteiger charge is 2.12. The maximum atomic E-state index is 13.7. The number of hydrogen-bond acceptors (Lipinski definition) is 3. The van der Waals surface area contributed by atoms with Gasteiger partial charge in [-0.1, -0.05) is 24.3 Å². The average Bonchev–Trinajstić information content (AvgIpc) is 2.56. The van der Waals surface area contributed by atoms with Gasteiger partial charge < -0.3 is 5.32 Å². The minimum atomic E-state index is -0.615. The van der Waals surface area contributed by atoms with Gasteiger partial charge in [0.2, 0.25) is 5.91 Å².